The third-order valence-corrected chi connectivity index (χ3v) is 3.48. The molecule has 0 aliphatic carbocycles. The highest BCUT2D eigenvalue weighted by molar-refractivity contribution is 5.60. The number of rotatable bonds is 3. The van der Waals surface area contributed by atoms with Crippen molar-refractivity contribution in [2.75, 3.05) is 11.4 Å². The summed E-state index contributed by atoms with van der Waals surface area (Å²) in [7, 11) is 0. The number of para-hydroxylation sites is 1. The molecule has 1 aliphatic heterocycles. The zero-order valence-corrected chi connectivity index (χ0v) is 10.9. The van der Waals surface area contributed by atoms with Gasteiger partial charge in [-0.3, -0.25) is 0 Å². The van der Waals surface area contributed by atoms with Crippen LogP contribution in [0.5, 0.6) is 0 Å². The van der Waals surface area contributed by atoms with Crippen LogP contribution in [0.4, 0.5) is 5.69 Å². The van der Waals surface area contributed by atoms with Gasteiger partial charge in [0.2, 0.25) is 0 Å². The number of hydrogen-bond donors (Lipinski definition) is 0. The Labute approximate surface area is 99.5 Å². The van der Waals surface area contributed by atoms with Gasteiger partial charge in [0.05, 0.1) is 0 Å². The molecular weight excluding hydrogens is 194 g/mol. The van der Waals surface area contributed by atoms with Crippen molar-refractivity contribution in [1.29, 1.82) is 0 Å². The fraction of sp³-hybridized carbons (Fsp3) is 0.600. The van der Waals surface area contributed by atoms with Gasteiger partial charge in [-0.1, -0.05) is 32.0 Å². The maximum absolute atomic E-state index is 2.54. The van der Waals surface area contributed by atoms with Crippen molar-refractivity contribution >= 4 is 5.69 Å². The van der Waals surface area contributed by atoms with Crippen molar-refractivity contribution < 1.29 is 0 Å². The predicted molar refractivity (Wildman–Crippen MR) is 71.1 cm³/mol. The number of anilines is 1. The van der Waals surface area contributed by atoms with Crippen LogP contribution in [0.2, 0.25) is 0 Å². The zero-order chi connectivity index (χ0) is 11.7. The first kappa shape index (κ1) is 11.5. The van der Waals surface area contributed by atoms with Crippen LogP contribution < -0.4 is 4.90 Å². The molecule has 88 valence electrons. The summed E-state index contributed by atoms with van der Waals surface area (Å²) in [5.74, 6) is 1.52. The van der Waals surface area contributed by atoms with Crippen LogP contribution in [0.15, 0.2) is 24.3 Å². The van der Waals surface area contributed by atoms with E-state index in [0.29, 0.717) is 6.04 Å². The molecule has 1 heterocycles. The largest absolute Gasteiger partial charge is 0.368 e. The first-order valence-electron chi connectivity index (χ1n) is 6.45. The van der Waals surface area contributed by atoms with Crippen molar-refractivity contribution in [1.82, 2.24) is 0 Å². The van der Waals surface area contributed by atoms with E-state index in [1.54, 1.807) is 5.56 Å². The van der Waals surface area contributed by atoms with Crippen LogP contribution in [0.25, 0.3) is 0 Å². The highest BCUT2D eigenvalue weighted by Gasteiger charge is 2.29. The van der Waals surface area contributed by atoms with E-state index in [1.165, 1.54) is 18.7 Å². The summed E-state index contributed by atoms with van der Waals surface area (Å²) in [5, 5.41) is 0. The highest BCUT2D eigenvalue weighted by atomic mass is 15.2. The van der Waals surface area contributed by atoms with E-state index in [0.717, 1.165) is 11.8 Å². The average Bonchev–Trinajstić information content (AvgIpc) is 2.57. The lowest BCUT2D eigenvalue weighted by Crippen LogP contribution is -2.29. The van der Waals surface area contributed by atoms with E-state index >= 15 is 0 Å². The van der Waals surface area contributed by atoms with Gasteiger partial charge in [-0.25, -0.2) is 0 Å². The van der Waals surface area contributed by atoms with E-state index in [1.807, 2.05) is 0 Å². The van der Waals surface area contributed by atoms with Gasteiger partial charge < -0.3 is 4.90 Å². The van der Waals surface area contributed by atoms with Gasteiger partial charge in [-0.05, 0) is 37.8 Å². The van der Waals surface area contributed by atoms with Gasteiger partial charge in [-0.2, -0.15) is 0 Å². The summed E-state index contributed by atoms with van der Waals surface area (Å²) in [6.45, 7) is 10.4. The fourth-order valence-electron chi connectivity index (χ4n) is 2.79. The molecule has 1 heteroatoms. The third-order valence-electron chi connectivity index (χ3n) is 3.48. The lowest BCUT2D eigenvalue weighted by molar-refractivity contribution is 0.503. The molecule has 0 N–H and O–H groups in total. The summed E-state index contributed by atoms with van der Waals surface area (Å²) in [6, 6.07) is 9.53. The quantitative estimate of drug-likeness (QED) is 0.738. The molecule has 0 spiro atoms. The SMILES string of the molecule is CC(C)CC1CN(C(C)C)c2ccccc21. The molecule has 2 rings (SSSR count). The van der Waals surface area contributed by atoms with Crippen LogP contribution in [0, 0.1) is 5.92 Å². The molecule has 1 aromatic rings. The van der Waals surface area contributed by atoms with Crippen molar-refractivity contribution in [2.45, 2.75) is 46.1 Å². The van der Waals surface area contributed by atoms with E-state index in [2.05, 4.69) is 56.9 Å². The standard InChI is InChI=1S/C15H23N/c1-11(2)9-13-10-16(12(3)4)15-8-6-5-7-14(13)15/h5-8,11-13H,9-10H2,1-4H3. The van der Waals surface area contributed by atoms with E-state index in [-0.39, 0.29) is 0 Å². The molecule has 16 heavy (non-hydrogen) atoms. The Morgan fingerprint density at radius 3 is 2.50 bits per heavy atom. The van der Waals surface area contributed by atoms with E-state index < -0.39 is 0 Å². The minimum atomic E-state index is 0.610. The predicted octanol–water partition coefficient (Wildman–Crippen LogP) is 4.04. The number of benzene rings is 1. The minimum Gasteiger partial charge on any atom is -0.368 e. The van der Waals surface area contributed by atoms with Gasteiger partial charge in [0.25, 0.3) is 0 Å². The normalized spacial score (nSPS) is 19.6. The second-order valence-electron chi connectivity index (χ2n) is 5.63. The van der Waals surface area contributed by atoms with Crippen LogP contribution in [0.1, 0.15) is 45.6 Å². The van der Waals surface area contributed by atoms with Gasteiger partial charge in [-0.15, -0.1) is 0 Å². The number of fused-ring (bicyclic) bond motifs is 1. The summed E-state index contributed by atoms with van der Waals surface area (Å²) < 4.78 is 0. The van der Waals surface area contributed by atoms with Crippen molar-refractivity contribution in [3.63, 3.8) is 0 Å². The summed E-state index contributed by atoms with van der Waals surface area (Å²) in [4.78, 5) is 2.54. The van der Waals surface area contributed by atoms with Crippen LogP contribution in [0.3, 0.4) is 0 Å². The Morgan fingerprint density at radius 1 is 1.19 bits per heavy atom. The summed E-state index contributed by atoms with van der Waals surface area (Å²) >= 11 is 0. The average molecular weight is 217 g/mol. The van der Waals surface area contributed by atoms with Crippen molar-refractivity contribution in [3.05, 3.63) is 29.8 Å². The van der Waals surface area contributed by atoms with Crippen molar-refractivity contribution in [3.8, 4) is 0 Å². The maximum atomic E-state index is 2.54. The molecule has 1 aromatic carbocycles. The van der Waals surface area contributed by atoms with Gasteiger partial charge in [0.15, 0.2) is 0 Å². The minimum absolute atomic E-state index is 0.610. The molecule has 1 unspecified atom stereocenters. The van der Waals surface area contributed by atoms with Gasteiger partial charge >= 0.3 is 0 Å². The van der Waals surface area contributed by atoms with Gasteiger partial charge in [0.1, 0.15) is 0 Å². The first-order chi connectivity index (χ1) is 7.59. The molecule has 0 aromatic heterocycles. The molecule has 1 aliphatic rings. The van der Waals surface area contributed by atoms with Crippen LogP contribution in [-0.4, -0.2) is 12.6 Å². The summed E-state index contributed by atoms with van der Waals surface area (Å²) in [6.07, 6.45) is 1.31. The van der Waals surface area contributed by atoms with Crippen molar-refractivity contribution in [2.24, 2.45) is 5.92 Å². The lowest BCUT2D eigenvalue weighted by Gasteiger charge is -2.24. The fourth-order valence-corrected chi connectivity index (χ4v) is 2.79. The van der Waals surface area contributed by atoms with Crippen LogP contribution >= 0.6 is 0 Å². The van der Waals surface area contributed by atoms with E-state index in [4.69, 9.17) is 0 Å². The zero-order valence-electron chi connectivity index (χ0n) is 10.9. The topological polar surface area (TPSA) is 3.24 Å². The first-order valence-corrected chi connectivity index (χ1v) is 6.45. The smallest absolute Gasteiger partial charge is 0.0404 e. The van der Waals surface area contributed by atoms with Gasteiger partial charge in [0, 0.05) is 24.2 Å². The second kappa shape index (κ2) is 4.48. The molecule has 0 saturated heterocycles. The maximum Gasteiger partial charge on any atom is 0.0404 e. The van der Waals surface area contributed by atoms with Crippen LogP contribution in [-0.2, 0) is 0 Å². The Balaban J connectivity index is 2.28. The number of hydrogen-bond acceptors (Lipinski definition) is 1. The second-order valence-corrected chi connectivity index (χ2v) is 5.63. The Bertz CT molecular complexity index is 354. The molecule has 0 saturated carbocycles. The number of nitrogens with zero attached hydrogens (tertiary/aromatic N) is 1. The summed E-state index contributed by atoms with van der Waals surface area (Å²) in [5.41, 5.74) is 3.02. The Hall–Kier alpha value is -0.980. The Kier molecular flexibility index (Phi) is 3.22. The monoisotopic (exact) mass is 217 g/mol. The molecule has 0 radical (unpaired) electrons. The lowest BCUT2D eigenvalue weighted by atomic mass is 9.92. The molecule has 1 atom stereocenters. The Morgan fingerprint density at radius 2 is 1.88 bits per heavy atom. The van der Waals surface area contributed by atoms with E-state index in [9.17, 15) is 0 Å². The molecule has 0 bridgehead atoms. The molecule has 0 fully saturated rings. The highest BCUT2D eigenvalue weighted by Crippen LogP contribution is 2.40. The third kappa shape index (κ3) is 2.09. The molecule has 1 nitrogen and oxygen atoms in total. The molecule has 0 amide bonds. The molecular formula is C15H23N.